The Labute approximate surface area is 188 Å². The molecule has 32 heavy (non-hydrogen) atoms. The molecule has 0 aromatic heterocycles. The summed E-state index contributed by atoms with van der Waals surface area (Å²) in [4.78, 5) is 10.5. The molecular weight excluding hydrogens is 400 g/mol. The molecule has 4 nitrogen and oxygen atoms in total. The van der Waals surface area contributed by atoms with Crippen LogP contribution in [0.4, 0.5) is 0 Å². The number of carbonyl (C=O) groups is 1. The number of rotatable bonds is 8. The SMILES string of the molecule is O=Cc1ccc(OCc2ccccc2)cc1.OCc1ccc(OCc2ccccc2)cc1. The van der Waals surface area contributed by atoms with Gasteiger partial charge in [0.1, 0.15) is 31.0 Å². The fourth-order valence-corrected chi connectivity index (χ4v) is 2.82. The summed E-state index contributed by atoms with van der Waals surface area (Å²) in [5.41, 5.74) is 3.83. The zero-order chi connectivity index (χ0) is 22.4. The second-order valence-corrected chi connectivity index (χ2v) is 7.04. The molecule has 0 unspecified atom stereocenters. The number of hydrogen-bond acceptors (Lipinski definition) is 4. The first-order chi connectivity index (χ1) is 15.8. The Kier molecular flexibility index (Phi) is 9.06. The van der Waals surface area contributed by atoms with Gasteiger partial charge in [-0.05, 0) is 53.1 Å². The smallest absolute Gasteiger partial charge is 0.150 e. The highest BCUT2D eigenvalue weighted by molar-refractivity contribution is 5.74. The third-order valence-corrected chi connectivity index (χ3v) is 4.62. The average molecular weight is 427 g/mol. The van der Waals surface area contributed by atoms with Crippen LogP contribution in [0.3, 0.4) is 0 Å². The van der Waals surface area contributed by atoms with Crippen molar-refractivity contribution in [3.63, 3.8) is 0 Å². The van der Waals surface area contributed by atoms with E-state index in [1.54, 1.807) is 24.3 Å². The standard InChI is InChI=1S/C14H14O2.C14H12O2/c2*15-10-12-6-8-14(9-7-12)16-11-13-4-2-1-3-5-13/h1-9,15H,10-11H2;1-10H,11H2. The predicted octanol–water partition coefficient (Wildman–Crippen LogP) is 5.84. The highest BCUT2D eigenvalue weighted by Gasteiger charge is 1.97. The monoisotopic (exact) mass is 426 g/mol. The molecule has 0 spiro atoms. The zero-order valence-corrected chi connectivity index (χ0v) is 17.8. The van der Waals surface area contributed by atoms with E-state index in [0.29, 0.717) is 18.8 Å². The lowest BCUT2D eigenvalue weighted by Crippen LogP contribution is -1.95. The number of aldehydes is 1. The van der Waals surface area contributed by atoms with Crippen LogP contribution in [-0.4, -0.2) is 11.4 Å². The van der Waals surface area contributed by atoms with Gasteiger partial charge in [-0.2, -0.15) is 0 Å². The van der Waals surface area contributed by atoms with Crippen molar-refractivity contribution in [1.29, 1.82) is 0 Å². The van der Waals surface area contributed by atoms with Gasteiger partial charge >= 0.3 is 0 Å². The molecule has 0 bridgehead atoms. The molecular formula is C28H26O4. The highest BCUT2D eigenvalue weighted by Crippen LogP contribution is 2.14. The van der Waals surface area contributed by atoms with Gasteiger partial charge in [0.15, 0.2) is 0 Å². The van der Waals surface area contributed by atoms with Crippen molar-refractivity contribution in [2.45, 2.75) is 19.8 Å². The Hall–Kier alpha value is -3.89. The minimum Gasteiger partial charge on any atom is -0.489 e. The summed E-state index contributed by atoms with van der Waals surface area (Å²) in [7, 11) is 0. The Morgan fingerprint density at radius 2 is 1.00 bits per heavy atom. The highest BCUT2D eigenvalue weighted by atomic mass is 16.5. The van der Waals surface area contributed by atoms with Crippen LogP contribution in [0.5, 0.6) is 11.5 Å². The van der Waals surface area contributed by atoms with Gasteiger partial charge in [0.25, 0.3) is 0 Å². The lowest BCUT2D eigenvalue weighted by atomic mass is 10.2. The van der Waals surface area contributed by atoms with Crippen molar-refractivity contribution in [3.8, 4) is 11.5 Å². The minimum absolute atomic E-state index is 0.0684. The molecule has 0 heterocycles. The van der Waals surface area contributed by atoms with E-state index in [0.717, 1.165) is 34.5 Å². The molecule has 0 amide bonds. The van der Waals surface area contributed by atoms with Gasteiger partial charge in [-0.15, -0.1) is 0 Å². The molecule has 0 aliphatic carbocycles. The third kappa shape index (κ3) is 7.74. The number of aliphatic hydroxyl groups excluding tert-OH is 1. The van der Waals surface area contributed by atoms with Gasteiger partial charge < -0.3 is 14.6 Å². The first kappa shape index (κ1) is 22.8. The van der Waals surface area contributed by atoms with Gasteiger partial charge in [0, 0.05) is 5.56 Å². The van der Waals surface area contributed by atoms with E-state index in [4.69, 9.17) is 14.6 Å². The summed E-state index contributed by atoms with van der Waals surface area (Å²) < 4.78 is 11.2. The van der Waals surface area contributed by atoms with E-state index in [9.17, 15) is 4.79 Å². The summed E-state index contributed by atoms with van der Waals surface area (Å²) in [6.45, 7) is 1.18. The number of aliphatic hydroxyl groups is 1. The fraction of sp³-hybridized carbons (Fsp3) is 0.107. The number of ether oxygens (including phenoxy) is 2. The molecule has 162 valence electrons. The molecule has 0 saturated carbocycles. The van der Waals surface area contributed by atoms with Crippen LogP contribution in [-0.2, 0) is 19.8 Å². The van der Waals surface area contributed by atoms with Crippen LogP contribution >= 0.6 is 0 Å². The maximum absolute atomic E-state index is 10.5. The second-order valence-electron chi connectivity index (χ2n) is 7.04. The lowest BCUT2D eigenvalue weighted by molar-refractivity contribution is 0.112. The van der Waals surface area contributed by atoms with Crippen molar-refractivity contribution in [2.24, 2.45) is 0 Å². The van der Waals surface area contributed by atoms with Crippen LogP contribution in [0.1, 0.15) is 27.0 Å². The normalized spacial score (nSPS) is 9.91. The first-order valence-corrected chi connectivity index (χ1v) is 10.4. The number of benzene rings is 4. The number of carbonyl (C=O) groups excluding carboxylic acids is 1. The first-order valence-electron chi connectivity index (χ1n) is 10.4. The Morgan fingerprint density at radius 3 is 1.41 bits per heavy atom. The third-order valence-electron chi connectivity index (χ3n) is 4.62. The van der Waals surface area contributed by atoms with Gasteiger partial charge in [-0.1, -0.05) is 72.8 Å². The van der Waals surface area contributed by atoms with Crippen molar-refractivity contribution >= 4 is 6.29 Å². The van der Waals surface area contributed by atoms with Crippen molar-refractivity contribution in [1.82, 2.24) is 0 Å². The molecule has 0 aliphatic rings. The minimum atomic E-state index is 0.0684. The second kappa shape index (κ2) is 12.7. The van der Waals surface area contributed by atoms with E-state index < -0.39 is 0 Å². The van der Waals surface area contributed by atoms with Crippen molar-refractivity contribution in [2.75, 3.05) is 0 Å². The van der Waals surface area contributed by atoms with Crippen LogP contribution in [0.15, 0.2) is 109 Å². The summed E-state index contributed by atoms with van der Waals surface area (Å²) >= 11 is 0. The number of hydrogen-bond donors (Lipinski definition) is 1. The molecule has 0 atom stereocenters. The molecule has 4 heteroatoms. The zero-order valence-electron chi connectivity index (χ0n) is 17.8. The Bertz CT molecular complexity index is 1040. The van der Waals surface area contributed by atoms with E-state index in [2.05, 4.69) is 0 Å². The van der Waals surface area contributed by atoms with Gasteiger partial charge in [-0.25, -0.2) is 0 Å². The molecule has 0 fully saturated rings. The summed E-state index contributed by atoms with van der Waals surface area (Å²) in [5.74, 6) is 1.59. The molecule has 0 aliphatic heterocycles. The van der Waals surface area contributed by atoms with Gasteiger partial charge in [0.2, 0.25) is 0 Å². The molecule has 4 aromatic carbocycles. The van der Waals surface area contributed by atoms with E-state index in [1.165, 1.54) is 0 Å². The van der Waals surface area contributed by atoms with Crippen molar-refractivity contribution in [3.05, 3.63) is 131 Å². The molecule has 0 saturated heterocycles. The summed E-state index contributed by atoms with van der Waals surface area (Å²) in [6, 6.07) is 34.5. The Balaban J connectivity index is 0.000000181. The molecule has 4 aromatic rings. The van der Waals surface area contributed by atoms with Gasteiger partial charge in [-0.3, -0.25) is 4.79 Å². The lowest BCUT2D eigenvalue weighted by Gasteiger charge is -2.06. The Morgan fingerprint density at radius 1 is 0.562 bits per heavy atom. The predicted molar refractivity (Wildman–Crippen MR) is 126 cm³/mol. The maximum Gasteiger partial charge on any atom is 0.150 e. The quantitative estimate of drug-likeness (QED) is 0.360. The molecule has 0 radical (unpaired) electrons. The van der Waals surface area contributed by atoms with E-state index in [-0.39, 0.29) is 6.61 Å². The van der Waals surface area contributed by atoms with Crippen molar-refractivity contribution < 1.29 is 19.4 Å². The molecule has 1 N–H and O–H groups in total. The molecule has 4 rings (SSSR count). The van der Waals surface area contributed by atoms with Crippen LogP contribution in [0.25, 0.3) is 0 Å². The van der Waals surface area contributed by atoms with E-state index in [1.807, 2.05) is 84.9 Å². The summed E-state index contributed by atoms with van der Waals surface area (Å²) in [5, 5.41) is 8.90. The maximum atomic E-state index is 10.5. The fourth-order valence-electron chi connectivity index (χ4n) is 2.82. The van der Waals surface area contributed by atoms with Crippen LogP contribution < -0.4 is 9.47 Å². The topological polar surface area (TPSA) is 55.8 Å². The van der Waals surface area contributed by atoms with Gasteiger partial charge in [0.05, 0.1) is 6.61 Å². The van der Waals surface area contributed by atoms with Crippen LogP contribution in [0.2, 0.25) is 0 Å². The van der Waals surface area contributed by atoms with Crippen LogP contribution in [0, 0.1) is 0 Å². The van der Waals surface area contributed by atoms with E-state index >= 15 is 0 Å². The average Bonchev–Trinajstić information content (AvgIpc) is 2.88. The largest absolute Gasteiger partial charge is 0.489 e. The summed E-state index contributed by atoms with van der Waals surface area (Å²) in [6.07, 6.45) is 0.820.